The maximum atomic E-state index is 5.07. The van der Waals surface area contributed by atoms with Crippen molar-refractivity contribution in [1.82, 2.24) is 19.9 Å². The van der Waals surface area contributed by atoms with Gasteiger partial charge in [-0.1, -0.05) is 152 Å². The number of aromatic nitrogens is 4. The highest BCUT2D eigenvalue weighted by Gasteiger charge is 2.14. The lowest BCUT2D eigenvalue weighted by Gasteiger charge is -2.14. The number of rotatable bonds is 5. The van der Waals surface area contributed by atoms with Crippen molar-refractivity contribution in [2.45, 2.75) is 0 Å². The molecule has 4 heteroatoms. The molecule has 0 saturated carbocycles. The van der Waals surface area contributed by atoms with Gasteiger partial charge in [-0.15, -0.1) is 0 Å². The molecular weight excluding hydrogens is 609 g/mol. The van der Waals surface area contributed by atoms with E-state index < -0.39 is 0 Å². The SMILES string of the molecule is c1ccc(-c2nc(-c3ccc(-c4ncc5ccccc5n4)cc3)cc(-c3ccc(-c4ccc5ccc6cccc7ccc4c5c67)cc3)n2)cc1. The van der Waals surface area contributed by atoms with Crippen molar-refractivity contribution in [2.24, 2.45) is 0 Å². The van der Waals surface area contributed by atoms with Crippen molar-refractivity contribution in [3.63, 3.8) is 0 Å². The van der Waals surface area contributed by atoms with Crippen molar-refractivity contribution in [3.05, 3.63) is 170 Å². The molecule has 10 rings (SSSR count). The van der Waals surface area contributed by atoms with Crippen LogP contribution in [0.15, 0.2) is 170 Å². The van der Waals surface area contributed by atoms with Gasteiger partial charge >= 0.3 is 0 Å². The highest BCUT2D eigenvalue weighted by atomic mass is 14.9. The molecule has 8 aromatic carbocycles. The average molecular weight is 637 g/mol. The maximum absolute atomic E-state index is 5.07. The van der Waals surface area contributed by atoms with E-state index in [9.17, 15) is 0 Å². The molecule has 10 aromatic rings. The molecule has 0 radical (unpaired) electrons. The summed E-state index contributed by atoms with van der Waals surface area (Å²) in [4.78, 5) is 19.5. The van der Waals surface area contributed by atoms with E-state index in [1.165, 1.54) is 43.4 Å². The van der Waals surface area contributed by atoms with Gasteiger partial charge in [-0.3, -0.25) is 0 Å². The molecule has 2 heterocycles. The van der Waals surface area contributed by atoms with Gasteiger partial charge in [0.1, 0.15) is 0 Å². The van der Waals surface area contributed by atoms with Gasteiger partial charge in [-0.25, -0.2) is 19.9 Å². The van der Waals surface area contributed by atoms with Crippen LogP contribution in [0, 0.1) is 0 Å². The summed E-state index contributed by atoms with van der Waals surface area (Å²) in [5.74, 6) is 1.39. The van der Waals surface area contributed by atoms with E-state index in [1.807, 2.05) is 48.7 Å². The molecule has 232 valence electrons. The number of hydrogen-bond acceptors (Lipinski definition) is 4. The second kappa shape index (κ2) is 11.4. The van der Waals surface area contributed by atoms with Crippen LogP contribution in [-0.2, 0) is 0 Å². The van der Waals surface area contributed by atoms with Crippen LogP contribution in [0.2, 0.25) is 0 Å². The summed E-state index contributed by atoms with van der Waals surface area (Å²) in [6, 6.07) is 57.4. The number of fused-ring (bicyclic) bond motifs is 1. The zero-order valence-electron chi connectivity index (χ0n) is 27.0. The van der Waals surface area contributed by atoms with Gasteiger partial charge in [0.25, 0.3) is 0 Å². The molecule has 0 bridgehead atoms. The monoisotopic (exact) mass is 636 g/mol. The van der Waals surface area contributed by atoms with Gasteiger partial charge in [-0.2, -0.15) is 0 Å². The van der Waals surface area contributed by atoms with E-state index in [-0.39, 0.29) is 0 Å². The predicted molar refractivity (Wildman–Crippen MR) is 206 cm³/mol. The number of hydrogen-bond donors (Lipinski definition) is 0. The van der Waals surface area contributed by atoms with Crippen LogP contribution >= 0.6 is 0 Å². The molecule has 0 aliphatic heterocycles. The number of nitrogens with zero attached hydrogens (tertiary/aromatic N) is 4. The average Bonchev–Trinajstić information content (AvgIpc) is 3.20. The molecule has 0 amide bonds. The normalized spacial score (nSPS) is 11.6. The fourth-order valence-corrected chi connectivity index (χ4v) is 7.17. The molecule has 50 heavy (non-hydrogen) atoms. The van der Waals surface area contributed by atoms with Crippen LogP contribution < -0.4 is 0 Å². The Kier molecular flexibility index (Phi) is 6.46. The van der Waals surface area contributed by atoms with Crippen molar-refractivity contribution in [3.8, 4) is 56.4 Å². The Labute approximate surface area is 288 Å². The second-order valence-corrected chi connectivity index (χ2v) is 12.7. The number of para-hydroxylation sites is 1. The molecule has 2 aromatic heterocycles. The summed E-state index contributed by atoms with van der Waals surface area (Å²) in [5, 5.41) is 8.78. The van der Waals surface area contributed by atoms with E-state index in [0.29, 0.717) is 11.6 Å². The fraction of sp³-hybridized carbons (Fsp3) is 0. The molecule has 0 spiro atoms. The zero-order chi connectivity index (χ0) is 33.0. The van der Waals surface area contributed by atoms with Gasteiger partial charge in [0.15, 0.2) is 11.6 Å². The smallest absolute Gasteiger partial charge is 0.160 e. The molecule has 0 N–H and O–H groups in total. The lowest BCUT2D eigenvalue weighted by atomic mass is 9.89. The topological polar surface area (TPSA) is 51.6 Å². The Morgan fingerprint density at radius 1 is 0.340 bits per heavy atom. The van der Waals surface area contributed by atoms with Crippen LogP contribution in [-0.4, -0.2) is 19.9 Å². The third kappa shape index (κ3) is 4.77. The first-order chi connectivity index (χ1) is 24.7. The quantitative estimate of drug-likeness (QED) is 0.176. The molecule has 0 saturated heterocycles. The highest BCUT2D eigenvalue weighted by molar-refractivity contribution is 6.25. The van der Waals surface area contributed by atoms with Crippen LogP contribution in [0.4, 0.5) is 0 Å². The first-order valence-corrected chi connectivity index (χ1v) is 16.8. The maximum Gasteiger partial charge on any atom is 0.160 e. The van der Waals surface area contributed by atoms with Crippen LogP contribution in [0.5, 0.6) is 0 Å². The molecule has 0 fully saturated rings. The van der Waals surface area contributed by atoms with E-state index >= 15 is 0 Å². The van der Waals surface area contributed by atoms with Gasteiger partial charge < -0.3 is 0 Å². The Bertz CT molecular complexity index is 2830. The lowest BCUT2D eigenvalue weighted by Crippen LogP contribution is -1.96. The van der Waals surface area contributed by atoms with Gasteiger partial charge in [0, 0.05) is 33.8 Å². The predicted octanol–water partition coefficient (Wildman–Crippen LogP) is 11.7. The van der Waals surface area contributed by atoms with Crippen LogP contribution in [0.25, 0.3) is 99.6 Å². The minimum absolute atomic E-state index is 0.691. The standard InChI is InChI=1S/C46H28N4/c1-2-7-35(8-3-1)46-49-41(27-42(50-46)31-17-21-36(22-18-31)45-47-28-37-9-4-5-12-40(37)48-45)30-15-13-29(14-16-30)38-25-23-34-20-19-32-10-6-11-33-24-26-39(38)44(34)43(32)33/h1-28H. The van der Waals surface area contributed by atoms with E-state index in [1.54, 1.807) is 0 Å². The number of benzene rings is 8. The summed E-state index contributed by atoms with van der Waals surface area (Å²) in [7, 11) is 0. The Morgan fingerprint density at radius 2 is 0.900 bits per heavy atom. The van der Waals surface area contributed by atoms with Crippen LogP contribution in [0.1, 0.15) is 0 Å². The van der Waals surface area contributed by atoms with E-state index in [4.69, 9.17) is 15.0 Å². The minimum Gasteiger partial charge on any atom is -0.236 e. The summed E-state index contributed by atoms with van der Waals surface area (Å²) in [5.41, 5.74) is 9.03. The molecule has 0 unspecified atom stereocenters. The Morgan fingerprint density at radius 3 is 1.64 bits per heavy atom. The van der Waals surface area contributed by atoms with E-state index in [2.05, 4.69) is 126 Å². The van der Waals surface area contributed by atoms with Gasteiger partial charge in [0.2, 0.25) is 0 Å². The minimum atomic E-state index is 0.691. The fourth-order valence-electron chi connectivity index (χ4n) is 7.17. The molecule has 0 atom stereocenters. The second-order valence-electron chi connectivity index (χ2n) is 12.7. The Balaban J connectivity index is 1.04. The molecule has 4 nitrogen and oxygen atoms in total. The summed E-state index contributed by atoms with van der Waals surface area (Å²) in [6.07, 6.45) is 1.88. The molecule has 0 aliphatic carbocycles. The third-order valence-electron chi connectivity index (χ3n) is 9.71. The van der Waals surface area contributed by atoms with Gasteiger partial charge in [0.05, 0.1) is 16.9 Å². The third-order valence-corrected chi connectivity index (χ3v) is 9.71. The summed E-state index contributed by atoms with van der Waals surface area (Å²) in [6.45, 7) is 0. The zero-order valence-corrected chi connectivity index (χ0v) is 27.0. The first-order valence-electron chi connectivity index (χ1n) is 16.8. The highest BCUT2D eigenvalue weighted by Crippen LogP contribution is 2.40. The lowest BCUT2D eigenvalue weighted by molar-refractivity contribution is 1.18. The largest absolute Gasteiger partial charge is 0.236 e. The first kappa shape index (κ1) is 28.3. The van der Waals surface area contributed by atoms with Crippen molar-refractivity contribution in [1.29, 1.82) is 0 Å². The molecular formula is C46H28N4. The van der Waals surface area contributed by atoms with Crippen molar-refractivity contribution in [2.75, 3.05) is 0 Å². The van der Waals surface area contributed by atoms with Crippen LogP contribution in [0.3, 0.4) is 0 Å². The van der Waals surface area contributed by atoms with Crippen molar-refractivity contribution >= 4 is 43.2 Å². The van der Waals surface area contributed by atoms with Crippen molar-refractivity contribution < 1.29 is 0 Å². The van der Waals surface area contributed by atoms with Gasteiger partial charge in [-0.05, 0) is 55.6 Å². The molecule has 0 aliphatic rings. The van der Waals surface area contributed by atoms with E-state index in [0.717, 1.165) is 44.5 Å². The summed E-state index contributed by atoms with van der Waals surface area (Å²) >= 11 is 0. The summed E-state index contributed by atoms with van der Waals surface area (Å²) < 4.78 is 0. The Hall–Kier alpha value is -6.78.